The number of rotatable bonds is 8. The van der Waals surface area contributed by atoms with Crippen molar-refractivity contribution in [3.05, 3.63) is 104 Å². The quantitative estimate of drug-likeness (QED) is 0.605. The van der Waals surface area contributed by atoms with Gasteiger partial charge in [0.15, 0.2) is 5.82 Å². The normalized spacial score (nSPS) is 14.2. The van der Waals surface area contributed by atoms with Gasteiger partial charge in [-0.25, -0.2) is 4.98 Å². The van der Waals surface area contributed by atoms with E-state index in [1.165, 1.54) is 6.20 Å². The Morgan fingerprint density at radius 1 is 1.07 bits per heavy atom. The predicted molar refractivity (Wildman–Crippen MR) is 112 cm³/mol. The average molecular weight is 359 g/mol. The summed E-state index contributed by atoms with van der Waals surface area (Å²) in [5, 5.41) is 8.98. The highest BCUT2D eigenvalue weighted by Crippen LogP contribution is 2.27. The Balaban J connectivity index is 2.39. The van der Waals surface area contributed by atoms with Crippen LogP contribution in [0.2, 0.25) is 0 Å². The van der Waals surface area contributed by atoms with Gasteiger partial charge in [0, 0.05) is 5.70 Å². The van der Waals surface area contributed by atoms with Gasteiger partial charge < -0.3 is 16.0 Å². The Hall–Kier alpha value is -3.93. The average Bonchev–Trinajstić information content (AvgIpc) is 2.80. The molecule has 0 spiro atoms. The van der Waals surface area contributed by atoms with Crippen LogP contribution in [0.5, 0.6) is 0 Å². The lowest BCUT2D eigenvalue weighted by molar-refractivity contribution is -0.112. The Bertz CT molecular complexity index is 903. The third-order valence-electron chi connectivity index (χ3n) is 3.39. The van der Waals surface area contributed by atoms with Crippen LogP contribution in [0.1, 0.15) is 0 Å². The highest BCUT2D eigenvalue weighted by Gasteiger charge is 2.20. The van der Waals surface area contributed by atoms with Gasteiger partial charge >= 0.3 is 0 Å². The van der Waals surface area contributed by atoms with E-state index in [0.717, 1.165) is 5.70 Å². The smallest absolute Gasteiger partial charge is 0.257 e. The van der Waals surface area contributed by atoms with E-state index in [1.54, 1.807) is 48.6 Å². The molecular weight excluding hydrogens is 338 g/mol. The van der Waals surface area contributed by atoms with Crippen molar-refractivity contribution in [2.75, 3.05) is 16.0 Å². The second-order valence-corrected chi connectivity index (χ2v) is 5.24. The van der Waals surface area contributed by atoms with E-state index in [2.05, 4.69) is 52.2 Å². The van der Waals surface area contributed by atoms with Gasteiger partial charge in [-0.15, -0.1) is 0 Å². The zero-order chi connectivity index (χ0) is 19.6. The molecule has 27 heavy (non-hydrogen) atoms. The second-order valence-electron chi connectivity index (χ2n) is 5.24. The number of hydrogen-bond donors (Lipinski definition) is 3. The lowest BCUT2D eigenvalue weighted by atomic mass is 10.1. The number of allylic oxidation sites excluding steroid dienone is 8. The van der Waals surface area contributed by atoms with E-state index in [9.17, 15) is 4.79 Å². The van der Waals surface area contributed by atoms with Gasteiger partial charge in [-0.3, -0.25) is 4.79 Å². The molecule has 136 valence electrons. The molecule has 6 heteroatoms. The lowest BCUT2D eigenvalue weighted by Gasteiger charge is -2.11. The van der Waals surface area contributed by atoms with Crippen LogP contribution in [0, 0.1) is 0 Å². The summed E-state index contributed by atoms with van der Waals surface area (Å²) in [4.78, 5) is 21.2. The van der Waals surface area contributed by atoms with Crippen LogP contribution >= 0.6 is 0 Å². The maximum atomic E-state index is 12.5. The fourth-order valence-corrected chi connectivity index (χ4v) is 2.19. The zero-order valence-electron chi connectivity index (χ0n) is 14.9. The number of amides is 1. The number of fused-ring (bicyclic) bond motifs is 1. The van der Waals surface area contributed by atoms with E-state index in [4.69, 9.17) is 0 Å². The summed E-state index contributed by atoms with van der Waals surface area (Å²) in [5.41, 5.74) is 2.14. The highest BCUT2D eigenvalue weighted by molar-refractivity contribution is 6.09. The number of carbonyl (C=O) groups excluding carboxylic acids is 1. The summed E-state index contributed by atoms with van der Waals surface area (Å²) in [7, 11) is 0. The second kappa shape index (κ2) is 9.53. The number of nitrogens with one attached hydrogen (secondary N) is 3. The molecule has 1 aliphatic rings. The summed E-state index contributed by atoms with van der Waals surface area (Å²) in [6.07, 6.45) is 16.7. The van der Waals surface area contributed by atoms with Crippen LogP contribution in [0.3, 0.4) is 0 Å². The number of aromatic nitrogens is 2. The van der Waals surface area contributed by atoms with Crippen molar-refractivity contribution in [2.24, 2.45) is 0 Å². The van der Waals surface area contributed by atoms with E-state index in [1.807, 2.05) is 6.08 Å². The van der Waals surface area contributed by atoms with E-state index in [-0.39, 0.29) is 5.91 Å². The van der Waals surface area contributed by atoms with Gasteiger partial charge in [-0.1, -0.05) is 56.7 Å². The van der Waals surface area contributed by atoms with E-state index in [0.29, 0.717) is 28.7 Å². The molecule has 6 nitrogen and oxygen atoms in total. The van der Waals surface area contributed by atoms with Crippen LogP contribution in [0.25, 0.3) is 0 Å². The summed E-state index contributed by atoms with van der Waals surface area (Å²) in [6.45, 7) is 14.7. The van der Waals surface area contributed by atoms with Crippen LogP contribution in [0.15, 0.2) is 104 Å². The van der Waals surface area contributed by atoms with E-state index >= 15 is 0 Å². The molecular formula is C21H21N5O. The molecule has 0 saturated heterocycles. The Morgan fingerprint density at radius 2 is 1.85 bits per heavy atom. The summed E-state index contributed by atoms with van der Waals surface area (Å²) in [5.74, 6) is 0.508. The number of anilines is 3. The minimum atomic E-state index is -0.292. The number of carbonyl (C=O) groups is 1. The molecule has 0 unspecified atom stereocenters. The van der Waals surface area contributed by atoms with Gasteiger partial charge in [0.2, 0.25) is 5.95 Å². The van der Waals surface area contributed by atoms with Crippen molar-refractivity contribution >= 4 is 23.4 Å². The van der Waals surface area contributed by atoms with Gasteiger partial charge in [0.05, 0.1) is 17.5 Å². The summed E-state index contributed by atoms with van der Waals surface area (Å²) < 4.78 is 0. The Morgan fingerprint density at radius 3 is 2.52 bits per heavy atom. The molecule has 0 fully saturated rings. The SMILES string of the molecule is C=C/C=C\C1=C(C=C)Nc2nc(NC(/C=C\C=C)=C/C=C)ncc2NC1=O. The van der Waals surface area contributed by atoms with Gasteiger partial charge in [-0.05, 0) is 24.3 Å². The molecule has 2 rings (SSSR count). The Labute approximate surface area is 158 Å². The summed E-state index contributed by atoms with van der Waals surface area (Å²) in [6, 6.07) is 0. The predicted octanol–water partition coefficient (Wildman–Crippen LogP) is 4.25. The zero-order valence-corrected chi connectivity index (χ0v) is 14.9. The first-order valence-corrected chi connectivity index (χ1v) is 8.13. The fraction of sp³-hybridized carbons (Fsp3) is 0. The van der Waals surface area contributed by atoms with Crippen molar-refractivity contribution in [1.29, 1.82) is 0 Å². The molecule has 3 N–H and O–H groups in total. The molecule has 1 aliphatic heterocycles. The first-order valence-electron chi connectivity index (χ1n) is 8.13. The lowest BCUT2D eigenvalue weighted by Crippen LogP contribution is -2.13. The van der Waals surface area contributed by atoms with Crippen molar-refractivity contribution in [3.63, 3.8) is 0 Å². The maximum absolute atomic E-state index is 12.5. The molecule has 0 radical (unpaired) electrons. The third-order valence-corrected chi connectivity index (χ3v) is 3.39. The van der Waals surface area contributed by atoms with Gasteiger partial charge in [0.1, 0.15) is 5.69 Å². The molecule has 0 bridgehead atoms. The molecule has 2 heterocycles. The highest BCUT2D eigenvalue weighted by atomic mass is 16.1. The first kappa shape index (κ1) is 19.4. The first-order chi connectivity index (χ1) is 13.1. The summed E-state index contributed by atoms with van der Waals surface area (Å²) >= 11 is 0. The topological polar surface area (TPSA) is 78.9 Å². The number of nitrogens with zero attached hydrogens (tertiary/aromatic N) is 2. The molecule has 1 aromatic heterocycles. The maximum Gasteiger partial charge on any atom is 0.257 e. The molecule has 1 amide bonds. The molecule has 1 aromatic rings. The third kappa shape index (κ3) is 5.02. The van der Waals surface area contributed by atoms with Crippen LogP contribution in [-0.4, -0.2) is 15.9 Å². The van der Waals surface area contributed by atoms with Crippen LogP contribution in [-0.2, 0) is 4.79 Å². The van der Waals surface area contributed by atoms with Gasteiger partial charge in [0.25, 0.3) is 5.91 Å². The van der Waals surface area contributed by atoms with Crippen molar-refractivity contribution < 1.29 is 4.79 Å². The molecule has 0 saturated carbocycles. The molecule has 0 aliphatic carbocycles. The minimum Gasteiger partial charge on any atom is -0.338 e. The minimum absolute atomic E-state index is 0.292. The molecule has 0 aromatic carbocycles. The van der Waals surface area contributed by atoms with Crippen LogP contribution in [0.4, 0.5) is 17.5 Å². The van der Waals surface area contributed by atoms with Crippen molar-refractivity contribution in [2.45, 2.75) is 0 Å². The van der Waals surface area contributed by atoms with Crippen molar-refractivity contribution in [3.8, 4) is 0 Å². The van der Waals surface area contributed by atoms with E-state index < -0.39 is 0 Å². The van der Waals surface area contributed by atoms with Gasteiger partial charge in [-0.2, -0.15) is 4.98 Å². The standard InChI is InChI=1S/C21H21N5O/c1-5-9-12-15(11-7-3)23-21-22-14-18-19(26-21)24-17(8-4)16(13-10-6-2)20(27)25-18/h5-14H,1-4H2,(H,25,27)(H2,22,23,24,26)/b12-9-,13-10-,15-11+. The van der Waals surface area contributed by atoms with Crippen LogP contribution < -0.4 is 16.0 Å². The fourth-order valence-electron chi connectivity index (χ4n) is 2.19. The Kier molecular flexibility index (Phi) is 6.84. The number of hydrogen-bond acceptors (Lipinski definition) is 5. The molecule has 0 atom stereocenters. The monoisotopic (exact) mass is 359 g/mol. The van der Waals surface area contributed by atoms with Crippen molar-refractivity contribution in [1.82, 2.24) is 9.97 Å². The largest absolute Gasteiger partial charge is 0.338 e.